The number of benzene rings is 1. The monoisotopic (exact) mass is 316 g/mol. The summed E-state index contributed by atoms with van der Waals surface area (Å²) < 4.78 is 10.6. The van der Waals surface area contributed by atoms with Crippen LogP contribution >= 0.6 is 0 Å². The Morgan fingerprint density at radius 1 is 1.17 bits per heavy atom. The van der Waals surface area contributed by atoms with E-state index in [1.807, 2.05) is 31.3 Å². The van der Waals surface area contributed by atoms with Crippen molar-refractivity contribution in [3.8, 4) is 11.5 Å². The van der Waals surface area contributed by atoms with E-state index in [-0.39, 0.29) is 0 Å². The van der Waals surface area contributed by atoms with Crippen LogP contribution in [0.1, 0.15) is 19.8 Å². The smallest absolute Gasteiger partial charge is 0.229 e. The van der Waals surface area contributed by atoms with Crippen molar-refractivity contribution in [1.29, 1.82) is 0 Å². The first-order valence-corrected chi connectivity index (χ1v) is 7.71. The van der Waals surface area contributed by atoms with Gasteiger partial charge in [0, 0.05) is 25.9 Å². The van der Waals surface area contributed by atoms with Crippen molar-refractivity contribution >= 4 is 17.5 Å². The van der Waals surface area contributed by atoms with Crippen LogP contribution in [0, 0.1) is 0 Å². The molecule has 6 nitrogen and oxygen atoms in total. The topological polar surface area (TPSA) is 59.5 Å². The molecule has 1 N–H and O–H groups in total. The summed E-state index contributed by atoms with van der Waals surface area (Å²) in [5, 5.41) is 3.20. The number of unbranched alkanes of at least 4 members (excludes halogenated alkanes) is 1. The first kappa shape index (κ1) is 16.9. The first-order valence-electron chi connectivity index (χ1n) is 7.71. The molecule has 2 aromatic rings. The quantitative estimate of drug-likeness (QED) is 0.804. The van der Waals surface area contributed by atoms with Crippen LogP contribution in [0.5, 0.6) is 11.5 Å². The van der Waals surface area contributed by atoms with Gasteiger partial charge in [0.25, 0.3) is 0 Å². The molecule has 0 saturated carbocycles. The maximum Gasteiger partial charge on any atom is 0.229 e. The molecule has 0 unspecified atom stereocenters. The highest BCUT2D eigenvalue weighted by Gasteiger charge is 2.09. The zero-order valence-corrected chi connectivity index (χ0v) is 14.2. The maximum absolute atomic E-state index is 5.36. The largest absolute Gasteiger partial charge is 0.497 e. The number of hydrogen-bond donors (Lipinski definition) is 1. The highest BCUT2D eigenvalue weighted by atomic mass is 16.5. The molecule has 1 heterocycles. The zero-order chi connectivity index (χ0) is 16.7. The molecule has 0 radical (unpaired) electrons. The average Bonchev–Trinajstić information content (AvgIpc) is 2.59. The molecule has 1 aromatic carbocycles. The molecule has 0 atom stereocenters. The molecule has 0 aliphatic rings. The summed E-state index contributed by atoms with van der Waals surface area (Å²) in [6.07, 6.45) is 4.04. The molecule has 0 spiro atoms. The number of methoxy groups -OCH3 is 2. The van der Waals surface area contributed by atoms with Crippen LogP contribution in [-0.2, 0) is 0 Å². The van der Waals surface area contributed by atoms with Gasteiger partial charge in [-0.25, -0.2) is 4.98 Å². The second-order valence-electron chi connectivity index (χ2n) is 5.20. The fourth-order valence-electron chi connectivity index (χ4n) is 2.16. The van der Waals surface area contributed by atoms with Crippen LogP contribution in [0.2, 0.25) is 0 Å². The minimum absolute atomic E-state index is 0.525. The van der Waals surface area contributed by atoms with E-state index in [1.165, 1.54) is 0 Å². The SMILES string of the molecule is CCCCN(C)c1ccnc(Nc2cc(OC)ccc2OC)n1. The molecule has 6 heteroatoms. The lowest BCUT2D eigenvalue weighted by molar-refractivity contribution is 0.405. The molecular weight excluding hydrogens is 292 g/mol. The summed E-state index contributed by atoms with van der Waals surface area (Å²) in [5.41, 5.74) is 0.764. The van der Waals surface area contributed by atoms with Crippen LogP contribution in [0.15, 0.2) is 30.5 Å². The van der Waals surface area contributed by atoms with Crippen LogP contribution in [0.4, 0.5) is 17.5 Å². The third-order valence-corrected chi connectivity index (χ3v) is 3.53. The van der Waals surface area contributed by atoms with Crippen molar-refractivity contribution in [3.63, 3.8) is 0 Å². The molecule has 0 aliphatic heterocycles. The lowest BCUT2D eigenvalue weighted by atomic mass is 10.2. The van der Waals surface area contributed by atoms with E-state index in [0.717, 1.165) is 36.6 Å². The third kappa shape index (κ3) is 4.48. The van der Waals surface area contributed by atoms with Crippen LogP contribution < -0.4 is 19.7 Å². The van der Waals surface area contributed by atoms with Gasteiger partial charge in [0.2, 0.25) is 5.95 Å². The Bertz CT molecular complexity index is 634. The Kier molecular flexibility index (Phi) is 6.02. The van der Waals surface area contributed by atoms with E-state index >= 15 is 0 Å². The molecule has 1 aromatic heterocycles. The molecule has 0 amide bonds. The van der Waals surface area contributed by atoms with E-state index in [9.17, 15) is 0 Å². The van der Waals surface area contributed by atoms with E-state index in [4.69, 9.17) is 9.47 Å². The molecule has 0 bridgehead atoms. The van der Waals surface area contributed by atoms with Crippen molar-refractivity contribution in [2.45, 2.75) is 19.8 Å². The van der Waals surface area contributed by atoms with E-state index in [2.05, 4.69) is 27.1 Å². The molecular formula is C17H24N4O2. The number of rotatable bonds is 8. The predicted octanol–water partition coefficient (Wildman–Crippen LogP) is 3.47. The van der Waals surface area contributed by atoms with Gasteiger partial charge in [0.1, 0.15) is 17.3 Å². The number of ether oxygens (including phenoxy) is 2. The van der Waals surface area contributed by atoms with Crippen molar-refractivity contribution in [2.75, 3.05) is 38.0 Å². The molecule has 2 rings (SSSR count). The number of nitrogens with one attached hydrogen (secondary N) is 1. The Morgan fingerprint density at radius 2 is 2.00 bits per heavy atom. The lowest BCUT2D eigenvalue weighted by Gasteiger charge is -2.18. The summed E-state index contributed by atoms with van der Waals surface area (Å²) in [4.78, 5) is 11.0. The molecule has 0 aliphatic carbocycles. The number of anilines is 3. The van der Waals surface area contributed by atoms with Crippen molar-refractivity contribution in [1.82, 2.24) is 9.97 Å². The second kappa shape index (κ2) is 8.22. The van der Waals surface area contributed by atoms with E-state index in [1.54, 1.807) is 20.4 Å². The average molecular weight is 316 g/mol. The number of hydrogen-bond acceptors (Lipinski definition) is 6. The van der Waals surface area contributed by atoms with Gasteiger partial charge in [-0.3, -0.25) is 0 Å². The predicted molar refractivity (Wildman–Crippen MR) is 93.0 cm³/mol. The zero-order valence-electron chi connectivity index (χ0n) is 14.2. The van der Waals surface area contributed by atoms with Crippen molar-refractivity contribution in [2.24, 2.45) is 0 Å². The van der Waals surface area contributed by atoms with Gasteiger partial charge in [-0.1, -0.05) is 13.3 Å². The summed E-state index contributed by atoms with van der Waals surface area (Å²) in [7, 11) is 5.29. The molecule has 0 saturated heterocycles. The standard InChI is InChI=1S/C17H24N4O2/c1-5-6-11-21(2)16-9-10-18-17(20-16)19-14-12-13(22-3)7-8-15(14)23-4/h7-10,12H,5-6,11H2,1-4H3,(H,18,19,20). The van der Waals surface area contributed by atoms with Gasteiger partial charge in [-0.2, -0.15) is 4.98 Å². The van der Waals surface area contributed by atoms with Gasteiger partial charge >= 0.3 is 0 Å². The van der Waals surface area contributed by atoms with Gasteiger partial charge in [-0.15, -0.1) is 0 Å². The normalized spacial score (nSPS) is 10.3. The van der Waals surface area contributed by atoms with Gasteiger partial charge in [-0.05, 0) is 24.6 Å². The van der Waals surface area contributed by atoms with Crippen LogP contribution in [0.3, 0.4) is 0 Å². The summed E-state index contributed by atoms with van der Waals surface area (Å²) in [6.45, 7) is 3.14. The van der Waals surface area contributed by atoms with Crippen molar-refractivity contribution < 1.29 is 9.47 Å². The molecule has 124 valence electrons. The first-order chi connectivity index (χ1) is 11.2. The molecule has 23 heavy (non-hydrogen) atoms. The Labute approximate surface area is 137 Å². The van der Waals surface area contributed by atoms with Crippen molar-refractivity contribution in [3.05, 3.63) is 30.5 Å². The highest BCUT2D eigenvalue weighted by molar-refractivity contribution is 5.65. The van der Waals surface area contributed by atoms with Crippen LogP contribution in [-0.4, -0.2) is 37.8 Å². The van der Waals surface area contributed by atoms with Gasteiger partial charge in [0.15, 0.2) is 0 Å². The fourth-order valence-corrected chi connectivity index (χ4v) is 2.16. The minimum Gasteiger partial charge on any atom is -0.497 e. The van der Waals surface area contributed by atoms with E-state index in [0.29, 0.717) is 11.7 Å². The van der Waals surface area contributed by atoms with Crippen LogP contribution in [0.25, 0.3) is 0 Å². The van der Waals surface area contributed by atoms with Gasteiger partial charge in [0.05, 0.1) is 19.9 Å². The Morgan fingerprint density at radius 3 is 2.70 bits per heavy atom. The molecule has 0 fully saturated rings. The van der Waals surface area contributed by atoms with E-state index < -0.39 is 0 Å². The highest BCUT2D eigenvalue weighted by Crippen LogP contribution is 2.30. The summed E-state index contributed by atoms with van der Waals surface area (Å²) >= 11 is 0. The number of aromatic nitrogens is 2. The second-order valence-corrected chi connectivity index (χ2v) is 5.20. The summed E-state index contributed by atoms with van der Waals surface area (Å²) in [6, 6.07) is 7.46. The number of nitrogens with zero attached hydrogens (tertiary/aromatic N) is 3. The lowest BCUT2D eigenvalue weighted by Crippen LogP contribution is -2.20. The van der Waals surface area contributed by atoms with Gasteiger partial charge < -0.3 is 19.7 Å². The minimum atomic E-state index is 0.525. The maximum atomic E-state index is 5.36. The Hall–Kier alpha value is -2.50. The third-order valence-electron chi connectivity index (χ3n) is 3.53. The summed E-state index contributed by atoms with van der Waals surface area (Å²) in [5.74, 6) is 2.86. The Balaban J connectivity index is 2.20. The fraction of sp³-hybridized carbons (Fsp3) is 0.412.